The van der Waals surface area contributed by atoms with Crippen LogP contribution in [-0.4, -0.2) is 57.7 Å². The van der Waals surface area contributed by atoms with Crippen LogP contribution in [0.3, 0.4) is 0 Å². The van der Waals surface area contributed by atoms with Gasteiger partial charge in [0.2, 0.25) is 5.91 Å². The van der Waals surface area contributed by atoms with Crippen LogP contribution < -0.4 is 10.6 Å². The van der Waals surface area contributed by atoms with Crippen LogP contribution in [0, 0.1) is 0 Å². The first kappa shape index (κ1) is 24.6. The van der Waals surface area contributed by atoms with Crippen molar-refractivity contribution in [2.75, 3.05) is 26.2 Å². The van der Waals surface area contributed by atoms with Crippen molar-refractivity contribution in [3.05, 3.63) is 89.9 Å². The van der Waals surface area contributed by atoms with Crippen molar-refractivity contribution in [2.45, 2.75) is 32.2 Å². The Morgan fingerprint density at radius 1 is 0.892 bits per heavy atom. The Hall–Kier alpha value is -4.04. The highest BCUT2D eigenvalue weighted by Gasteiger charge is 2.18. The third-order valence-electron chi connectivity index (χ3n) is 6.70. The maximum Gasteiger partial charge on any atom is 0.272 e. The Bertz CT molecular complexity index is 1340. The maximum absolute atomic E-state index is 13.0. The summed E-state index contributed by atoms with van der Waals surface area (Å²) >= 11 is 0. The van der Waals surface area contributed by atoms with Crippen molar-refractivity contribution in [1.82, 2.24) is 30.3 Å². The fourth-order valence-electron chi connectivity index (χ4n) is 4.73. The number of benzene rings is 2. The molecule has 0 spiro atoms. The number of nitrogens with zero attached hydrogens (tertiary/aromatic N) is 4. The molecule has 2 aromatic carbocycles. The molecule has 1 aliphatic rings. The van der Waals surface area contributed by atoms with Crippen LogP contribution >= 0.6 is 0 Å². The molecule has 0 atom stereocenters. The molecule has 0 saturated carbocycles. The van der Waals surface area contributed by atoms with Crippen LogP contribution in [-0.2, 0) is 17.8 Å². The number of hydrogen-bond donors (Lipinski definition) is 2. The number of aromatic nitrogens is 3. The number of rotatable bonds is 10. The molecule has 1 saturated heterocycles. The fourth-order valence-corrected chi connectivity index (χ4v) is 4.73. The van der Waals surface area contributed by atoms with Crippen LogP contribution in [0.25, 0.3) is 16.6 Å². The Balaban J connectivity index is 1.23. The number of pyridine rings is 1. The van der Waals surface area contributed by atoms with Crippen LogP contribution in [0.5, 0.6) is 0 Å². The molecule has 8 nitrogen and oxygen atoms in total. The molecule has 4 aromatic rings. The predicted octanol–water partition coefficient (Wildman–Crippen LogP) is 3.50. The minimum atomic E-state index is -0.154. The van der Waals surface area contributed by atoms with E-state index in [2.05, 4.69) is 25.6 Å². The second kappa shape index (κ2) is 11.8. The average molecular weight is 497 g/mol. The van der Waals surface area contributed by atoms with Crippen LogP contribution in [0.1, 0.15) is 40.9 Å². The molecule has 2 aromatic heterocycles. The number of amides is 2. The number of hydrogen-bond acceptors (Lipinski definition) is 5. The van der Waals surface area contributed by atoms with E-state index in [1.54, 1.807) is 17.1 Å². The van der Waals surface area contributed by atoms with Crippen LogP contribution in [0.4, 0.5) is 0 Å². The first-order valence-electron chi connectivity index (χ1n) is 12.9. The summed E-state index contributed by atoms with van der Waals surface area (Å²) in [5.41, 5.74) is 3.99. The number of para-hydroxylation sites is 1. The van der Waals surface area contributed by atoms with Crippen molar-refractivity contribution in [3.63, 3.8) is 0 Å². The van der Waals surface area contributed by atoms with Crippen molar-refractivity contribution in [1.29, 1.82) is 0 Å². The lowest BCUT2D eigenvalue weighted by atomic mass is 10.1. The van der Waals surface area contributed by atoms with Gasteiger partial charge in [-0.3, -0.25) is 14.6 Å². The molecular weight excluding hydrogens is 464 g/mol. The molecule has 190 valence electrons. The standard InChI is InChI=1S/C29H32N6O2/c36-27(32-21-23-7-5-14-30-20-23)19-22-10-12-24(13-11-22)35-26-9-2-1-8-25(26)28(33-35)29(37)31-15-6-18-34-16-3-4-17-34/h1-2,5,7-14,20H,3-4,6,15-19,21H2,(H,31,37)(H,32,36). The van der Waals surface area contributed by atoms with Gasteiger partial charge < -0.3 is 15.5 Å². The predicted molar refractivity (Wildman–Crippen MR) is 143 cm³/mol. The van der Waals surface area contributed by atoms with Gasteiger partial charge in [-0.15, -0.1) is 0 Å². The summed E-state index contributed by atoms with van der Waals surface area (Å²) in [6.45, 7) is 4.43. The largest absolute Gasteiger partial charge is 0.352 e. The number of carbonyl (C=O) groups excluding carboxylic acids is 2. The first-order valence-corrected chi connectivity index (χ1v) is 12.9. The van der Waals surface area contributed by atoms with E-state index < -0.39 is 0 Å². The van der Waals surface area contributed by atoms with E-state index in [4.69, 9.17) is 0 Å². The number of carbonyl (C=O) groups is 2. The van der Waals surface area contributed by atoms with E-state index in [1.807, 2.05) is 60.7 Å². The van der Waals surface area contributed by atoms with E-state index in [9.17, 15) is 9.59 Å². The molecule has 2 amide bonds. The summed E-state index contributed by atoms with van der Waals surface area (Å²) in [6, 6.07) is 19.3. The van der Waals surface area contributed by atoms with Crippen molar-refractivity contribution >= 4 is 22.7 Å². The minimum Gasteiger partial charge on any atom is -0.352 e. The summed E-state index contributed by atoms with van der Waals surface area (Å²) in [4.78, 5) is 31.9. The second-order valence-electron chi connectivity index (χ2n) is 9.42. The third kappa shape index (κ3) is 6.21. The normalized spacial score (nSPS) is 13.6. The van der Waals surface area contributed by atoms with Crippen molar-refractivity contribution < 1.29 is 9.59 Å². The van der Waals surface area contributed by atoms with Crippen LogP contribution in [0.2, 0.25) is 0 Å². The van der Waals surface area contributed by atoms with Crippen LogP contribution in [0.15, 0.2) is 73.1 Å². The van der Waals surface area contributed by atoms with E-state index in [0.29, 0.717) is 18.8 Å². The number of fused-ring (bicyclic) bond motifs is 1. The summed E-state index contributed by atoms with van der Waals surface area (Å²) in [6.07, 6.45) is 7.22. The highest BCUT2D eigenvalue weighted by atomic mass is 16.2. The SMILES string of the molecule is O=C(Cc1ccc(-n2nc(C(=O)NCCCN3CCCC3)c3ccccc32)cc1)NCc1cccnc1. The molecule has 8 heteroatoms. The van der Waals surface area contributed by atoms with Gasteiger partial charge in [-0.25, -0.2) is 4.68 Å². The Kier molecular flexibility index (Phi) is 7.86. The van der Waals surface area contributed by atoms with Gasteiger partial charge in [0.25, 0.3) is 5.91 Å². The molecule has 0 unspecified atom stereocenters. The minimum absolute atomic E-state index is 0.0511. The van der Waals surface area contributed by atoms with Gasteiger partial charge in [-0.1, -0.05) is 36.4 Å². The van der Waals surface area contributed by atoms with Gasteiger partial charge in [-0.2, -0.15) is 5.10 Å². The molecule has 0 radical (unpaired) electrons. The third-order valence-corrected chi connectivity index (χ3v) is 6.70. The van der Waals surface area contributed by atoms with Crippen molar-refractivity contribution in [2.24, 2.45) is 0 Å². The van der Waals surface area contributed by atoms with Gasteiger partial charge >= 0.3 is 0 Å². The lowest BCUT2D eigenvalue weighted by molar-refractivity contribution is -0.120. The van der Waals surface area contributed by atoms with E-state index in [1.165, 1.54) is 12.8 Å². The lowest BCUT2D eigenvalue weighted by Crippen LogP contribution is -2.29. The Morgan fingerprint density at radius 3 is 2.49 bits per heavy atom. The molecule has 1 aliphatic heterocycles. The summed E-state index contributed by atoms with van der Waals surface area (Å²) in [7, 11) is 0. The molecule has 0 aliphatic carbocycles. The van der Waals surface area contributed by atoms with Gasteiger partial charge in [-0.05, 0) is 74.3 Å². The Morgan fingerprint density at radius 2 is 1.70 bits per heavy atom. The summed E-state index contributed by atoms with van der Waals surface area (Å²) < 4.78 is 1.79. The molecule has 0 bridgehead atoms. The highest BCUT2D eigenvalue weighted by molar-refractivity contribution is 6.05. The van der Waals surface area contributed by atoms with Gasteiger partial charge in [0.15, 0.2) is 5.69 Å². The van der Waals surface area contributed by atoms with Gasteiger partial charge in [0.05, 0.1) is 17.6 Å². The summed E-state index contributed by atoms with van der Waals surface area (Å²) in [5.74, 6) is -0.205. The first-order chi connectivity index (χ1) is 18.2. The highest BCUT2D eigenvalue weighted by Crippen LogP contribution is 2.22. The number of likely N-dealkylation sites (tertiary alicyclic amines) is 1. The zero-order valence-corrected chi connectivity index (χ0v) is 20.9. The lowest BCUT2D eigenvalue weighted by Gasteiger charge is -2.14. The topological polar surface area (TPSA) is 92.2 Å². The molecule has 1 fully saturated rings. The summed E-state index contributed by atoms with van der Waals surface area (Å²) in [5, 5.41) is 11.5. The van der Waals surface area contributed by atoms with E-state index >= 15 is 0 Å². The monoisotopic (exact) mass is 496 g/mol. The molecule has 37 heavy (non-hydrogen) atoms. The fraction of sp³-hybridized carbons (Fsp3) is 0.310. The van der Waals surface area contributed by atoms with Gasteiger partial charge in [0.1, 0.15) is 0 Å². The van der Waals surface area contributed by atoms with Crippen molar-refractivity contribution in [3.8, 4) is 5.69 Å². The molecule has 3 heterocycles. The average Bonchev–Trinajstić information content (AvgIpc) is 3.59. The quantitative estimate of drug-likeness (QED) is 0.328. The zero-order valence-electron chi connectivity index (χ0n) is 20.9. The van der Waals surface area contributed by atoms with E-state index in [-0.39, 0.29) is 18.2 Å². The zero-order chi connectivity index (χ0) is 25.5. The molecule has 5 rings (SSSR count). The molecule has 2 N–H and O–H groups in total. The van der Waals surface area contributed by atoms with E-state index in [0.717, 1.165) is 53.8 Å². The molecular formula is C29H32N6O2. The second-order valence-corrected chi connectivity index (χ2v) is 9.42. The number of nitrogens with one attached hydrogen (secondary N) is 2. The van der Waals surface area contributed by atoms with Gasteiger partial charge in [0, 0.05) is 30.9 Å². The Labute approximate surface area is 216 Å². The smallest absolute Gasteiger partial charge is 0.272 e. The maximum atomic E-state index is 13.0.